The summed E-state index contributed by atoms with van der Waals surface area (Å²) in [6.07, 6.45) is 3.37. The Morgan fingerprint density at radius 1 is 1.20 bits per heavy atom. The van der Waals surface area contributed by atoms with Crippen LogP contribution in [-0.2, 0) is 11.2 Å². The van der Waals surface area contributed by atoms with E-state index in [1.165, 1.54) is 6.07 Å². The zero-order valence-corrected chi connectivity index (χ0v) is 12.1. The molecule has 0 spiro atoms. The molecule has 2 aromatic rings. The van der Waals surface area contributed by atoms with Crippen LogP contribution in [0.1, 0.15) is 12.5 Å². The molecule has 1 atom stereocenters. The number of hydrogen-bond acceptors (Lipinski definition) is 2. The van der Waals surface area contributed by atoms with Crippen LogP contribution in [0.4, 0.5) is 4.39 Å². The number of allylic oxidation sites excluding steroid dienone is 1. The quantitative estimate of drug-likeness (QED) is 0.784. The van der Waals surface area contributed by atoms with Gasteiger partial charge >= 0.3 is 0 Å². The van der Waals surface area contributed by atoms with Gasteiger partial charge in [0.25, 0.3) is 0 Å². The van der Waals surface area contributed by atoms with Gasteiger partial charge in [0, 0.05) is 6.92 Å². The van der Waals surface area contributed by atoms with Gasteiger partial charge in [0.05, 0.1) is 0 Å². The smallest absolute Gasteiger partial charge is 0.165 e. The van der Waals surface area contributed by atoms with Gasteiger partial charge in [-0.2, -0.15) is 0 Å². The molecule has 4 heteroatoms. The first-order valence-corrected chi connectivity index (χ1v) is 7.66. The van der Waals surface area contributed by atoms with Crippen molar-refractivity contribution in [3.8, 4) is 11.5 Å². The second kappa shape index (κ2) is 6.59. The third kappa shape index (κ3) is 3.85. The minimum atomic E-state index is -1.03. The zero-order chi connectivity index (χ0) is 14.5. The van der Waals surface area contributed by atoms with Gasteiger partial charge in [-0.05, 0) is 47.1 Å². The van der Waals surface area contributed by atoms with Crippen molar-refractivity contribution in [2.24, 2.45) is 0 Å². The van der Waals surface area contributed by atoms with Crippen molar-refractivity contribution >= 4 is 17.3 Å². The molecule has 2 nitrogen and oxygen atoms in total. The van der Waals surface area contributed by atoms with Crippen LogP contribution < -0.4 is 4.74 Å². The Hall–Kier alpha value is -1.78. The fourth-order valence-corrected chi connectivity index (χ4v) is 1.92. The van der Waals surface area contributed by atoms with Crippen molar-refractivity contribution in [2.45, 2.75) is 6.92 Å². The molecule has 2 aromatic carbocycles. The largest absolute Gasteiger partial charge is 0.612 e. The predicted molar refractivity (Wildman–Crippen MR) is 80.6 cm³/mol. The molecule has 1 unspecified atom stereocenters. The van der Waals surface area contributed by atoms with Crippen molar-refractivity contribution in [1.82, 2.24) is 0 Å². The van der Waals surface area contributed by atoms with Crippen molar-refractivity contribution in [1.29, 1.82) is 0 Å². The zero-order valence-electron chi connectivity index (χ0n) is 11.3. The molecule has 0 saturated heterocycles. The molecule has 0 aliphatic heterocycles. The molecule has 0 saturated carbocycles. The Balaban J connectivity index is 2.28. The van der Waals surface area contributed by atoms with Crippen LogP contribution in [0.15, 0.2) is 53.4 Å². The van der Waals surface area contributed by atoms with E-state index in [0.717, 1.165) is 10.5 Å². The highest BCUT2D eigenvalue weighted by atomic mass is 32.2. The number of ether oxygens (including phenoxy) is 1. The minimum Gasteiger partial charge on any atom is -0.612 e. The highest BCUT2D eigenvalue weighted by molar-refractivity contribution is 7.94. The molecule has 0 aromatic heterocycles. The number of halogens is 1. The normalized spacial score (nSPS) is 13.1. The van der Waals surface area contributed by atoms with Crippen molar-refractivity contribution in [3.05, 3.63) is 64.8 Å². The summed E-state index contributed by atoms with van der Waals surface area (Å²) >= 11 is -1.03. The van der Waals surface area contributed by atoms with Gasteiger partial charge in [0.15, 0.2) is 11.6 Å². The van der Waals surface area contributed by atoms with E-state index in [4.69, 9.17) is 4.74 Å². The van der Waals surface area contributed by atoms with Gasteiger partial charge in [-0.1, -0.05) is 24.3 Å². The molecule has 0 aliphatic carbocycles. The van der Waals surface area contributed by atoms with Gasteiger partial charge in [-0.15, -0.1) is 0 Å². The first-order valence-electron chi connectivity index (χ1n) is 6.10. The average molecular weight is 290 g/mol. The summed E-state index contributed by atoms with van der Waals surface area (Å²) < 4.78 is 30.6. The second-order valence-electron chi connectivity index (χ2n) is 4.31. The lowest BCUT2D eigenvalue weighted by Gasteiger charge is -2.08. The van der Waals surface area contributed by atoms with E-state index in [0.29, 0.717) is 5.75 Å². The third-order valence-electron chi connectivity index (χ3n) is 2.75. The van der Waals surface area contributed by atoms with Crippen LogP contribution in [0, 0.1) is 5.82 Å². The first-order chi connectivity index (χ1) is 9.56. The lowest BCUT2D eigenvalue weighted by Crippen LogP contribution is -1.97. The van der Waals surface area contributed by atoms with E-state index < -0.39 is 17.0 Å². The highest BCUT2D eigenvalue weighted by Gasteiger charge is 2.07. The number of para-hydroxylation sites is 1. The van der Waals surface area contributed by atoms with E-state index in [-0.39, 0.29) is 5.75 Å². The fraction of sp³-hybridized carbons (Fsp3) is 0.125. The SMILES string of the molecule is CC(=Cc1ccc(F)c(Oc2ccccc2)c1)[S+](C)[O-]. The van der Waals surface area contributed by atoms with Gasteiger partial charge in [-0.3, -0.25) is 0 Å². The van der Waals surface area contributed by atoms with Crippen LogP contribution >= 0.6 is 0 Å². The summed E-state index contributed by atoms with van der Waals surface area (Å²) in [5, 5.41) is 0. The Bertz CT molecular complexity index is 609. The molecule has 104 valence electrons. The number of hydrogen-bond donors (Lipinski definition) is 0. The molecule has 0 N–H and O–H groups in total. The first kappa shape index (κ1) is 14.6. The molecule has 0 heterocycles. The number of rotatable bonds is 4. The topological polar surface area (TPSA) is 32.3 Å². The monoisotopic (exact) mass is 290 g/mol. The van der Waals surface area contributed by atoms with Gasteiger partial charge in [-0.25, -0.2) is 4.39 Å². The summed E-state index contributed by atoms with van der Waals surface area (Å²) in [6.45, 7) is 1.77. The van der Waals surface area contributed by atoms with Crippen LogP contribution in [0.2, 0.25) is 0 Å². The van der Waals surface area contributed by atoms with Gasteiger partial charge < -0.3 is 9.29 Å². The molecular weight excluding hydrogens is 275 g/mol. The third-order valence-corrected chi connectivity index (χ3v) is 3.77. The van der Waals surface area contributed by atoms with E-state index >= 15 is 0 Å². The molecule has 0 bridgehead atoms. The van der Waals surface area contributed by atoms with E-state index in [2.05, 4.69) is 0 Å². The summed E-state index contributed by atoms with van der Waals surface area (Å²) in [5.41, 5.74) is 0.755. The second-order valence-corrected chi connectivity index (χ2v) is 5.87. The van der Waals surface area contributed by atoms with Crippen LogP contribution in [0.25, 0.3) is 6.08 Å². The Kier molecular flexibility index (Phi) is 4.82. The summed E-state index contributed by atoms with van der Waals surface area (Å²) in [4.78, 5) is 0.724. The maximum absolute atomic E-state index is 13.7. The Morgan fingerprint density at radius 3 is 2.55 bits per heavy atom. The van der Waals surface area contributed by atoms with Gasteiger partial charge in [0.1, 0.15) is 16.9 Å². The molecule has 0 amide bonds. The predicted octanol–water partition coefficient (Wildman–Crippen LogP) is 4.36. The molecule has 0 fully saturated rings. The lowest BCUT2D eigenvalue weighted by molar-refractivity contribution is 0.442. The maximum Gasteiger partial charge on any atom is 0.165 e. The standard InChI is InChI=1S/C16H15FO2S/c1-12(20(2)18)10-13-8-9-15(17)16(11-13)19-14-6-4-3-5-7-14/h3-11H,1-2H3. The molecule has 20 heavy (non-hydrogen) atoms. The summed E-state index contributed by atoms with van der Waals surface area (Å²) in [5.74, 6) is 0.296. The minimum absolute atomic E-state index is 0.152. The maximum atomic E-state index is 13.7. The Morgan fingerprint density at radius 2 is 1.90 bits per heavy atom. The number of benzene rings is 2. The molecular formula is C16H15FO2S. The van der Waals surface area contributed by atoms with Crippen molar-refractivity contribution in [3.63, 3.8) is 0 Å². The molecule has 2 rings (SSSR count). The summed E-state index contributed by atoms with van der Waals surface area (Å²) in [7, 11) is 0. The van der Waals surface area contributed by atoms with Gasteiger partial charge in [0.2, 0.25) is 0 Å². The van der Waals surface area contributed by atoms with E-state index in [9.17, 15) is 8.94 Å². The van der Waals surface area contributed by atoms with Crippen LogP contribution in [-0.4, -0.2) is 10.8 Å². The van der Waals surface area contributed by atoms with Crippen LogP contribution in [0.3, 0.4) is 0 Å². The van der Waals surface area contributed by atoms with E-state index in [1.54, 1.807) is 43.5 Å². The van der Waals surface area contributed by atoms with E-state index in [1.807, 2.05) is 18.2 Å². The van der Waals surface area contributed by atoms with Crippen LogP contribution in [0.5, 0.6) is 11.5 Å². The molecule has 0 aliphatic rings. The molecule has 0 radical (unpaired) electrons. The highest BCUT2D eigenvalue weighted by Crippen LogP contribution is 2.26. The van der Waals surface area contributed by atoms with Crippen molar-refractivity contribution < 1.29 is 13.7 Å². The average Bonchev–Trinajstić information content (AvgIpc) is 2.43. The Labute approximate surface area is 121 Å². The summed E-state index contributed by atoms with van der Waals surface area (Å²) in [6, 6.07) is 13.6. The van der Waals surface area contributed by atoms with Crippen molar-refractivity contribution in [2.75, 3.05) is 6.26 Å². The lowest BCUT2D eigenvalue weighted by atomic mass is 10.2. The fourth-order valence-electron chi connectivity index (χ4n) is 1.62.